The molecule has 1 aliphatic rings. The molecule has 6 nitrogen and oxygen atoms in total. The first-order chi connectivity index (χ1) is 13.4. The number of carbonyl (C=O) groups is 2. The molecule has 1 atom stereocenters. The Balaban J connectivity index is 1.46. The molecule has 0 spiro atoms. The second-order valence-electron chi connectivity index (χ2n) is 7.02. The molecule has 0 saturated carbocycles. The molecule has 28 heavy (non-hydrogen) atoms. The Kier molecular flexibility index (Phi) is 6.54. The average Bonchev–Trinajstić information content (AvgIpc) is 2.69. The quantitative estimate of drug-likeness (QED) is 0.780. The molecule has 7 heteroatoms. The van der Waals surface area contributed by atoms with Crippen LogP contribution in [0.25, 0.3) is 0 Å². The molecule has 2 aromatic carbocycles. The van der Waals surface area contributed by atoms with Gasteiger partial charge in [0.15, 0.2) is 0 Å². The zero-order valence-corrected chi connectivity index (χ0v) is 16.7. The summed E-state index contributed by atoms with van der Waals surface area (Å²) in [5.74, 6) is -0.406. The minimum Gasteiger partial charge on any atom is -0.369 e. The summed E-state index contributed by atoms with van der Waals surface area (Å²) < 4.78 is 0. The first-order valence-corrected chi connectivity index (χ1v) is 9.72. The molecule has 0 bridgehead atoms. The minimum atomic E-state index is -0.421. The van der Waals surface area contributed by atoms with Gasteiger partial charge in [-0.2, -0.15) is 0 Å². The lowest BCUT2D eigenvalue weighted by Crippen LogP contribution is -2.49. The van der Waals surface area contributed by atoms with Gasteiger partial charge in [0.2, 0.25) is 11.8 Å². The van der Waals surface area contributed by atoms with E-state index >= 15 is 0 Å². The predicted octanol–water partition coefficient (Wildman–Crippen LogP) is 2.44. The zero-order valence-electron chi connectivity index (χ0n) is 15.9. The van der Waals surface area contributed by atoms with Gasteiger partial charge in [-0.1, -0.05) is 23.7 Å². The molecule has 1 saturated heterocycles. The Labute approximate surface area is 170 Å². The molecule has 1 aliphatic heterocycles. The summed E-state index contributed by atoms with van der Waals surface area (Å²) in [6.07, 6.45) is 0. The summed E-state index contributed by atoms with van der Waals surface area (Å²) in [7, 11) is 0. The largest absolute Gasteiger partial charge is 0.369 e. The molecule has 3 N–H and O–H groups in total. The van der Waals surface area contributed by atoms with Gasteiger partial charge in [-0.05, 0) is 48.9 Å². The van der Waals surface area contributed by atoms with Gasteiger partial charge < -0.3 is 16.0 Å². The molecule has 1 fully saturated rings. The van der Waals surface area contributed by atoms with Gasteiger partial charge in [0.1, 0.15) is 0 Å². The Morgan fingerprint density at radius 2 is 1.64 bits per heavy atom. The molecule has 0 aromatic heterocycles. The number of carbonyl (C=O) groups excluding carboxylic acids is 2. The first-order valence-electron chi connectivity index (χ1n) is 9.34. The van der Waals surface area contributed by atoms with Crippen LogP contribution in [0.5, 0.6) is 0 Å². The fraction of sp³-hybridized carbons (Fsp3) is 0.333. The van der Waals surface area contributed by atoms with E-state index in [1.165, 1.54) is 0 Å². The van der Waals surface area contributed by atoms with Crippen molar-refractivity contribution in [3.8, 4) is 0 Å². The fourth-order valence-electron chi connectivity index (χ4n) is 3.33. The maximum atomic E-state index is 12.4. The normalized spacial score (nSPS) is 15.9. The smallest absolute Gasteiger partial charge is 0.248 e. The van der Waals surface area contributed by atoms with Crippen LogP contribution in [0.3, 0.4) is 0 Å². The van der Waals surface area contributed by atoms with Gasteiger partial charge >= 0.3 is 0 Å². The van der Waals surface area contributed by atoms with Crippen molar-refractivity contribution in [2.45, 2.75) is 13.0 Å². The summed E-state index contributed by atoms with van der Waals surface area (Å²) in [5, 5.41) is 3.73. The van der Waals surface area contributed by atoms with Crippen molar-refractivity contribution in [2.24, 2.45) is 5.73 Å². The number of nitrogens with one attached hydrogen (secondary N) is 1. The van der Waals surface area contributed by atoms with E-state index in [1.807, 2.05) is 43.3 Å². The van der Waals surface area contributed by atoms with Crippen molar-refractivity contribution in [3.05, 3.63) is 64.7 Å². The second-order valence-corrected chi connectivity index (χ2v) is 7.45. The van der Waals surface area contributed by atoms with E-state index < -0.39 is 5.91 Å². The van der Waals surface area contributed by atoms with E-state index in [4.69, 9.17) is 17.3 Å². The highest BCUT2D eigenvalue weighted by Gasteiger charge is 2.20. The van der Waals surface area contributed by atoms with Crippen LogP contribution in [-0.4, -0.2) is 49.4 Å². The predicted molar refractivity (Wildman–Crippen MR) is 112 cm³/mol. The Bertz CT molecular complexity index is 815. The number of hydrogen-bond acceptors (Lipinski definition) is 4. The summed E-state index contributed by atoms with van der Waals surface area (Å²) >= 11 is 5.91. The third kappa shape index (κ3) is 5.24. The third-order valence-electron chi connectivity index (χ3n) is 5.00. The number of nitrogens with zero attached hydrogens (tertiary/aromatic N) is 2. The Morgan fingerprint density at radius 3 is 2.21 bits per heavy atom. The standard InChI is InChI=1S/C21H25ClN4O2/c1-15(16-2-6-18(22)7-3-16)24-20(27)14-25-10-12-26(13-11-25)19-8-4-17(5-9-19)21(23)28/h2-9,15H,10-14H2,1H3,(H2,23,28)(H,24,27). The van der Waals surface area contributed by atoms with Gasteiger partial charge in [-0.25, -0.2) is 0 Å². The van der Waals surface area contributed by atoms with Crippen LogP contribution in [0.15, 0.2) is 48.5 Å². The fourth-order valence-corrected chi connectivity index (χ4v) is 3.45. The number of amides is 2. The molecule has 0 aliphatic carbocycles. The molecule has 3 rings (SSSR count). The maximum Gasteiger partial charge on any atom is 0.248 e. The second kappa shape index (κ2) is 9.08. The Hall–Kier alpha value is -2.57. The van der Waals surface area contributed by atoms with Crippen LogP contribution in [0.2, 0.25) is 5.02 Å². The van der Waals surface area contributed by atoms with E-state index in [1.54, 1.807) is 12.1 Å². The molecule has 0 radical (unpaired) electrons. The van der Waals surface area contributed by atoms with Crippen LogP contribution in [0.1, 0.15) is 28.9 Å². The molecule has 1 heterocycles. The van der Waals surface area contributed by atoms with Crippen molar-refractivity contribution in [2.75, 3.05) is 37.6 Å². The molecular formula is C21H25ClN4O2. The van der Waals surface area contributed by atoms with E-state index in [2.05, 4.69) is 15.1 Å². The number of halogens is 1. The van der Waals surface area contributed by atoms with Crippen molar-refractivity contribution < 1.29 is 9.59 Å². The van der Waals surface area contributed by atoms with Gasteiger partial charge in [0.05, 0.1) is 12.6 Å². The SMILES string of the molecule is CC(NC(=O)CN1CCN(c2ccc(C(N)=O)cc2)CC1)c1ccc(Cl)cc1. The highest BCUT2D eigenvalue weighted by atomic mass is 35.5. The highest BCUT2D eigenvalue weighted by molar-refractivity contribution is 6.30. The monoisotopic (exact) mass is 400 g/mol. The van der Waals surface area contributed by atoms with Crippen molar-refractivity contribution in [1.29, 1.82) is 0 Å². The lowest BCUT2D eigenvalue weighted by molar-refractivity contribution is -0.123. The van der Waals surface area contributed by atoms with Crippen LogP contribution in [0, 0.1) is 0 Å². The van der Waals surface area contributed by atoms with E-state index in [0.29, 0.717) is 17.1 Å². The van der Waals surface area contributed by atoms with Crippen molar-refractivity contribution >= 4 is 29.1 Å². The van der Waals surface area contributed by atoms with E-state index in [-0.39, 0.29) is 11.9 Å². The topological polar surface area (TPSA) is 78.7 Å². The number of benzene rings is 2. The van der Waals surface area contributed by atoms with Gasteiger partial charge in [0, 0.05) is 42.5 Å². The van der Waals surface area contributed by atoms with Crippen molar-refractivity contribution in [1.82, 2.24) is 10.2 Å². The Morgan fingerprint density at radius 1 is 1.04 bits per heavy atom. The zero-order chi connectivity index (χ0) is 20.1. The molecular weight excluding hydrogens is 376 g/mol. The minimum absolute atomic E-state index is 0.0155. The van der Waals surface area contributed by atoms with Gasteiger partial charge in [0.25, 0.3) is 0 Å². The number of rotatable bonds is 6. The average molecular weight is 401 g/mol. The lowest BCUT2D eigenvalue weighted by atomic mass is 10.1. The number of hydrogen-bond donors (Lipinski definition) is 2. The first kappa shape index (κ1) is 20.2. The van der Waals surface area contributed by atoms with Crippen LogP contribution < -0.4 is 16.0 Å². The molecule has 1 unspecified atom stereocenters. The van der Waals surface area contributed by atoms with Crippen LogP contribution in [-0.2, 0) is 4.79 Å². The van der Waals surface area contributed by atoms with Gasteiger partial charge in [-0.3, -0.25) is 14.5 Å². The summed E-state index contributed by atoms with van der Waals surface area (Å²) in [5.41, 5.74) is 7.88. The van der Waals surface area contributed by atoms with Crippen LogP contribution >= 0.6 is 11.6 Å². The number of piperazine rings is 1. The summed E-state index contributed by atoms with van der Waals surface area (Å²) in [4.78, 5) is 27.9. The summed E-state index contributed by atoms with van der Waals surface area (Å²) in [6, 6.07) is 14.8. The molecule has 2 aromatic rings. The van der Waals surface area contributed by atoms with Crippen LogP contribution in [0.4, 0.5) is 5.69 Å². The van der Waals surface area contributed by atoms with E-state index in [0.717, 1.165) is 37.4 Å². The number of primary amides is 1. The highest BCUT2D eigenvalue weighted by Crippen LogP contribution is 2.18. The summed E-state index contributed by atoms with van der Waals surface area (Å²) in [6.45, 7) is 5.62. The maximum absolute atomic E-state index is 12.4. The lowest BCUT2D eigenvalue weighted by Gasteiger charge is -2.36. The third-order valence-corrected chi connectivity index (χ3v) is 5.26. The van der Waals surface area contributed by atoms with Crippen molar-refractivity contribution in [3.63, 3.8) is 0 Å². The van der Waals surface area contributed by atoms with E-state index in [9.17, 15) is 9.59 Å². The molecule has 2 amide bonds. The van der Waals surface area contributed by atoms with Gasteiger partial charge in [-0.15, -0.1) is 0 Å². The molecule has 148 valence electrons. The number of anilines is 1. The number of nitrogens with two attached hydrogens (primary N) is 1.